The van der Waals surface area contributed by atoms with Crippen molar-refractivity contribution in [1.29, 1.82) is 5.26 Å². The minimum Gasteiger partial charge on any atom is -0.465 e. The number of ether oxygens (including phenoxy) is 1. The van der Waals surface area contributed by atoms with Crippen molar-refractivity contribution in [2.24, 2.45) is 5.41 Å². The van der Waals surface area contributed by atoms with Crippen LogP contribution in [0.25, 0.3) is 0 Å². The summed E-state index contributed by atoms with van der Waals surface area (Å²) in [5.41, 5.74) is -0.274. The molecule has 17 heavy (non-hydrogen) atoms. The summed E-state index contributed by atoms with van der Waals surface area (Å²) in [5, 5.41) is 8.89. The Labute approximate surface area is 105 Å². The van der Waals surface area contributed by atoms with E-state index in [9.17, 15) is 4.79 Å². The van der Waals surface area contributed by atoms with Crippen LogP contribution in [0.4, 0.5) is 0 Å². The van der Waals surface area contributed by atoms with Gasteiger partial charge in [-0.25, -0.2) is 0 Å². The fourth-order valence-electron chi connectivity index (χ4n) is 1.54. The Morgan fingerprint density at radius 3 is 2.53 bits per heavy atom. The summed E-state index contributed by atoms with van der Waals surface area (Å²) in [5.74, 6) is -0.172. The fourth-order valence-corrected chi connectivity index (χ4v) is 1.54. The zero-order valence-electron chi connectivity index (χ0n) is 11.5. The van der Waals surface area contributed by atoms with E-state index >= 15 is 0 Å². The van der Waals surface area contributed by atoms with Gasteiger partial charge in [0.25, 0.3) is 0 Å². The van der Waals surface area contributed by atoms with Crippen LogP contribution < -0.4 is 0 Å². The van der Waals surface area contributed by atoms with E-state index in [4.69, 9.17) is 10.00 Å². The summed E-state index contributed by atoms with van der Waals surface area (Å²) < 4.78 is 4.91. The van der Waals surface area contributed by atoms with Gasteiger partial charge in [0, 0.05) is 0 Å². The third-order valence-electron chi connectivity index (χ3n) is 2.68. The van der Waals surface area contributed by atoms with Gasteiger partial charge in [0.1, 0.15) is 0 Å². The highest BCUT2D eigenvalue weighted by molar-refractivity contribution is 5.71. The van der Waals surface area contributed by atoms with Crippen LogP contribution in [0.2, 0.25) is 0 Å². The summed E-state index contributed by atoms with van der Waals surface area (Å²) in [6.07, 6.45) is 1.77. The molecule has 0 heterocycles. The highest BCUT2D eigenvalue weighted by atomic mass is 16.5. The van der Waals surface area contributed by atoms with Gasteiger partial charge < -0.3 is 4.74 Å². The molecule has 0 unspecified atom stereocenters. The van der Waals surface area contributed by atoms with Gasteiger partial charge in [0.2, 0.25) is 0 Å². The Kier molecular flexibility index (Phi) is 7.56. The second-order valence-electron chi connectivity index (χ2n) is 4.77. The molecule has 0 atom stereocenters. The molecule has 98 valence electrons. The molecule has 0 saturated heterocycles. The minimum absolute atomic E-state index is 0.172. The Morgan fingerprint density at radius 1 is 1.41 bits per heavy atom. The van der Waals surface area contributed by atoms with Crippen molar-refractivity contribution in [1.82, 2.24) is 4.90 Å². The van der Waals surface area contributed by atoms with Gasteiger partial charge in [0.15, 0.2) is 0 Å². The third kappa shape index (κ3) is 7.76. The summed E-state index contributed by atoms with van der Waals surface area (Å²) in [6, 6.07) is 2.28. The molecule has 4 heteroatoms. The quantitative estimate of drug-likeness (QED) is 0.610. The number of hydrogen-bond donors (Lipinski definition) is 0. The molecule has 0 saturated carbocycles. The first-order valence-electron chi connectivity index (χ1n) is 6.24. The van der Waals surface area contributed by atoms with Crippen molar-refractivity contribution < 1.29 is 9.53 Å². The lowest BCUT2D eigenvalue weighted by atomic mass is 9.90. The monoisotopic (exact) mass is 240 g/mol. The lowest BCUT2D eigenvalue weighted by molar-refractivity contribution is -0.144. The molecule has 0 rings (SSSR count). The van der Waals surface area contributed by atoms with Crippen LogP contribution in [0.1, 0.15) is 40.5 Å². The van der Waals surface area contributed by atoms with Crippen molar-refractivity contribution >= 4 is 5.97 Å². The molecule has 0 amide bonds. The molecule has 0 aromatic heterocycles. The summed E-state index contributed by atoms with van der Waals surface area (Å²) >= 11 is 0. The van der Waals surface area contributed by atoms with E-state index in [1.54, 1.807) is 0 Å². The number of carbonyl (C=O) groups excluding carboxylic acids is 1. The second kappa shape index (κ2) is 8.08. The first kappa shape index (κ1) is 15.9. The van der Waals surface area contributed by atoms with Crippen molar-refractivity contribution in [2.75, 3.05) is 26.2 Å². The van der Waals surface area contributed by atoms with E-state index < -0.39 is 0 Å². The molecule has 0 radical (unpaired) electrons. The molecule has 0 aromatic rings. The summed E-state index contributed by atoms with van der Waals surface area (Å²) in [6.45, 7) is 10.1. The maximum atomic E-state index is 11.3. The SMILES string of the molecule is CCOC(=O)CN(CC)CCCC(C)(C)C#N. The van der Waals surface area contributed by atoms with Gasteiger partial charge in [-0.05, 0) is 46.7 Å². The minimum atomic E-state index is -0.274. The molecule has 0 bridgehead atoms. The normalized spacial score (nSPS) is 11.3. The van der Waals surface area contributed by atoms with Crippen LogP contribution in [-0.2, 0) is 9.53 Å². The maximum absolute atomic E-state index is 11.3. The standard InChI is InChI=1S/C13H24N2O2/c1-5-15(10-12(16)17-6-2)9-7-8-13(3,4)11-14/h5-10H2,1-4H3. The lowest BCUT2D eigenvalue weighted by Crippen LogP contribution is -2.32. The van der Waals surface area contributed by atoms with E-state index in [0.29, 0.717) is 13.2 Å². The average Bonchev–Trinajstić information content (AvgIpc) is 2.28. The predicted octanol–water partition coefficient (Wildman–Crippen LogP) is 2.20. The first-order valence-corrected chi connectivity index (χ1v) is 6.24. The molecule has 0 spiro atoms. The van der Waals surface area contributed by atoms with Crippen LogP contribution >= 0.6 is 0 Å². The molecule has 0 aliphatic heterocycles. The lowest BCUT2D eigenvalue weighted by Gasteiger charge is -2.21. The van der Waals surface area contributed by atoms with Crippen molar-refractivity contribution in [3.63, 3.8) is 0 Å². The van der Waals surface area contributed by atoms with Crippen LogP contribution in [0.3, 0.4) is 0 Å². The van der Waals surface area contributed by atoms with Crippen LogP contribution in [0, 0.1) is 16.7 Å². The summed E-state index contributed by atoms with van der Waals surface area (Å²) in [4.78, 5) is 13.4. The first-order chi connectivity index (χ1) is 7.95. The number of likely N-dealkylation sites (N-methyl/N-ethyl adjacent to an activating group) is 1. The highest BCUT2D eigenvalue weighted by Gasteiger charge is 2.17. The average molecular weight is 240 g/mol. The number of esters is 1. The van der Waals surface area contributed by atoms with E-state index in [0.717, 1.165) is 25.9 Å². The number of nitrogens with zero attached hydrogens (tertiary/aromatic N) is 2. The van der Waals surface area contributed by atoms with Crippen LogP contribution in [0.5, 0.6) is 0 Å². The predicted molar refractivity (Wildman–Crippen MR) is 67.4 cm³/mol. The fraction of sp³-hybridized carbons (Fsp3) is 0.846. The third-order valence-corrected chi connectivity index (χ3v) is 2.68. The summed E-state index contributed by atoms with van der Waals surface area (Å²) in [7, 11) is 0. The van der Waals surface area contributed by atoms with E-state index in [1.807, 2.05) is 32.6 Å². The topological polar surface area (TPSA) is 53.3 Å². The Morgan fingerprint density at radius 2 is 2.06 bits per heavy atom. The molecule has 0 N–H and O–H groups in total. The molecule has 0 aliphatic rings. The second-order valence-corrected chi connectivity index (χ2v) is 4.77. The zero-order chi connectivity index (χ0) is 13.3. The maximum Gasteiger partial charge on any atom is 0.320 e. The van der Waals surface area contributed by atoms with Gasteiger partial charge >= 0.3 is 5.97 Å². The van der Waals surface area contributed by atoms with E-state index in [-0.39, 0.29) is 11.4 Å². The van der Waals surface area contributed by atoms with E-state index in [2.05, 4.69) is 6.07 Å². The number of rotatable bonds is 8. The van der Waals surface area contributed by atoms with E-state index in [1.165, 1.54) is 0 Å². The van der Waals surface area contributed by atoms with Gasteiger partial charge in [-0.2, -0.15) is 5.26 Å². The van der Waals surface area contributed by atoms with Crippen LogP contribution in [-0.4, -0.2) is 37.1 Å². The Balaban J connectivity index is 3.91. The number of carbonyl (C=O) groups is 1. The van der Waals surface area contributed by atoms with Gasteiger partial charge in [-0.1, -0.05) is 6.92 Å². The molecule has 0 aromatic carbocycles. The highest BCUT2D eigenvalue weighted by Crippen LogP contribution is 2.20. The Hall–Kier alpha value is -1.08. The Bertz CT molecular complexity index is 269. The largest absolute Gasteiger partial charge is 0.465 e. The van der Waals surface area contributed by atoms with Crippen LogP contribution in [0.15, 0.2) is 0 Å². The van der Waals surface area contributed by atoms with Gasteiger partial charge in [-0.15, -0.1) is 0 Å². The van der Waals surface area contributed by atoms with Crippen molar-refractivity contribution in [3.8, 4) is 6.07 Å². The molecule has 0 aliphatic carbocycles. The number of hydrogen-bond acceptors (Lipinski definition) is 4. The molecule has 0 fully saturated rings. The van der Waals surface area contributed by atoms with Crippen molar-refractivity contribution in [2.45, 2.75) is 40.5 Å². The number of nitriles is 1. The molecule has 4 nitrogen and oxygen atoms in total. The van der Waals surface area contributed by atoms with Gasteiger partial charge in [-0.3, -0.25) is 9.69 Å². The smallest absolute Gasteiger partial charge is 0.320 e. The zero-order valence-corrected chi connectivity index (χ0v) is 11.5. The molecular formula is C13H24N2O2. The van der Waals surface area contributed by atoms with Gasteiger partial charge in [0.05, 0.1) is 24.6 Å². The molecular weight excluding hydrogens is 216 g/mol. The van der Waals surface area contributed by atoms with Crippen molar-refractivity contribution in [3.05, 3.63) is 0 Å².